The maximum absolute atomic E-state index is 8.74. The first-order valence-electron chi connectivity index (χ1n) is 1.33. The van der Waals surface area contributed by atoms with E-state index in [1.165, 1.54) is 0 Å². The van der Waals surface area contributed by atoms with Gasteiger partial charge in [0.25, 0.3) is 0 Å². The van der Waals surface area contributed by atoms with Crippen LogP contribution in [-0.2, 0) is 51.9 Å². The average Bonchev–Trinajstić information content (AvgIpc) is 1.12. The molecule has 0 aliphatic carbocycles. The number of rotatable bonds is 0. The minimum absolute atomic E-state index is 0. The third kappa shape index (κ3) is 561. The van der Waals surface area contributed by atoms with Gasteiger partial charge in [-0.1, -0.05) is 0 Å². The second-order valence-corrected chi connectivity index (χ2v) is 2.98. The Hall–Kier alpha value is 1.87. The van der Waals surface area contributed by atoms with Gasteiger partial charge in [-0.2, -0.15) is 8.42 Å². The molecule has 0 unspecified atom stereocenters. The molecular formula is H7FeKMnNO8S. The first-order chi connectivity index (χ1) is 4.00. The quantitative estimate of drug-likeness (QED) is 0.286. The fourth-order valence-electron chi connectivity index (χ4n) is 0. The maximum atomic E-state index is 8.74. The molecule has 0 aromatic rings. The van der Waals surface area contributed by atoms with Gasteiger partial charge in [0, 0.05) is 17.1 Å². The third-order valence-corrected chi connectivity index (χ3v) is 0. The Bertz CT molecular complexity index is 299. The third-order valence-electron chi connectivity index (χ3n) is 0. The molecule has 0 saturated heterocycles. The van der Waals surface area contributed by atoms with Gasteiger partial charge in [-0.15, -0.1) is 0 Å². The van der Waals surface area contributed by atoms with Crippen molar-refractivity contribution in [2.24, 2.45) is 0 Å². The van der Waals surface area contributed by atoms with Crippen molar-refractivity contribution >= 4 is 61.8 Å². The molecule has 13 heavy (non-hydrogen) atoms. The van der Waals surface area contributed by atoms with E-state index in [1.54, 1.807) is 0 Å². The Morgan fingerprint density at radius 3 is 1.00 bits per heavy atom. The zero-order valence-corrected chi connectivity index (χ0v) is 8.33. The van der Waals surface area contributed by atoms with Crippen molar-refractivity contribution in [1.82, 2.24) is 6.15 Å². The predicted octanol–water partition coefficient (Wildman–Crippen LogP) is -2.06. The van der Waals surface area contributed by atoms with E-state index < -0.39 is 23.4 Å². The Morgan fingerprint density at radius 1 is 1.00 bits per heavy atom. The molecule has 0 saturated carbocycles. The van der Waals surface area contributed by atoms with Crippen molar-refractivity contribution in [3.05, 3.63) is 0 Å². The number of hydrogen-bond donors (Lipinski definition) is 4. The van der Waals surface area contributed by atoms with E-state index >= 15 is 0 Å². The molecule has 6 N–H and O–H groups in total. The van der Waals surface area contributed by atoms with Gasteiger partial charge >= 0.3 is 90.4 Å². The summed E-state index contributed by atoms with van der Waals surface area (Å²) in [4.78, 5) is 0. The zero-order valence-electron chi connectivity index (χ0n) is 5.23. The summed E-state index contributed by atoms with van der Waals surface area (Å²) in [6.45, 7) is 0. The Labute approximate surface area is 129 Å². The first kappa shape index (κ1) is 29.4. The van der Waals surface area contributed by atoms with Gasteiger partial charge in [0.15, 0.2) is 0 Å². The Morgan fingerprint density at radius 2 is 1.00 bits per heavy atom. The normalized spacial score (nSPS) is 8.85. The van der Waals surface area contributed by atoms with Crippen LogP contribution in [-0.4, -0.2) is 73.1 Å². The molecule has 0 aliphatic rings. The molecule has 82 valence electrons. The van der Waals surface area contributed by atoms with Gasteiger partial charge < -0.3 is 6.15 Å². The summed E-state index contributed by atoms with van der Waals surface area (Å²) >= 11 is -5.38. The molecule has 0 rings (SSSR count). The van der Waals surface area contributed by atoms with Crippen molar-refractivity contribution in [1.29, 1.82) is 0 Å². The van der Waals surface area contributed by atoms with Crippen molar-refractivity contribution in [3.63, 3.8) is 0 Å². The van der Waals surface area contributed by atoms with Gasteiger partial charge in [0.1, 0.15) is 0 Å². The Kier molecular flexibility index (Phi) is 27.0. The van der Waals surface area contributed by atoms with E-state index in [9.17, 15) is 0 Å². The summed E-state index contributed by atoms with van der Waals surface area (Å²) < 4.78 is 64.6. The molecule has 0 fully saturated rings. The van der Waals surface area contributed by atoms with E-state index in [1.807, 2.05) is 0 Å². The number of hydrogen-bond acceptors (Lipinski definition) is 6. The van der Waals surface area contributed by atoms with E-state index in [-0.39, 0.29) is 74.6 Å². The van der Waals surface area contributed by atoms with Crippen molar-refractivity contribution in [2.75, 3.05) is 0 Å². The topological polar surface area (TPSA) is 181 Å². The molecule has 0 atom stereocenters. The average molecular weight is 331 g/mol. The zero-order chi connectivity index (χ0) is 9.00. The van der Waals surface area contributed by atoms with Crippen LogP contribution in [0.1, 0.15) is 0 Å². The van der Waals surface area contributed by atoms with Crippen LogP contribution < -0.4 is 6.15 Å². The van der Waals surface area contributed by atoms with Crippen LogP contribution in [0.2, 0.25) is 0 Å². The van der Waals surface area contributed by atoms with Crippen LogP contribution in [0.5, 0.6) is 0 Å². The summed E-state index contributed by atoms with van der Waals surface area (Å²) in [5.74, 6) is 0. The standard InChI is InChI=1S/Fe.K.Mn.H3N.H2O4S.H2O.3O.H/c;;;;1-5(2,3)4;;;;;/h;;;1H3;(H2,1,2,3,4);1H2;;;;/q;;+1;;;;;;;/p-1. The van der Waals surface area contributed by atoms with Crippen LogP contribution in [0.25, 0.3) is 0 Å². The van der Waals surface area contributed by atoms with E-state index in [2.05, 4.69) is 0 Å². The first-order valence-corrected chi connectivity index (χ1v) is 4.70. The molecule has 13 heteroatoms. The monoisotopic (exact) mass is 331 g/mol. The molecular weight excluding hydrogens is 324 g/mol. The van der Waals surface area contributed by atoms with Gasteiger partial charge in [-0.25, -0.2) is 0 Å². The van der Waals surface area contributed by atoms with Gasteiger partial charge in [-0.3, -0.25) is 9.11 Å². The summed E-state index contributed by atoms with van der Waals surface area (Å²) in [5, 5.41) is 0. The molecule has 0 radical (unpaired) electrons. The van der Waals surface area contributed by atoms with Crippen LogP contribution >= 0.6 is 0 Å². The van der Waals surface area contributed by atoms with Gasteiger partial charge in [0.05, 0.1) is 0 Å². The molecule has 0 amide bonds. The van der Waals surface area contributed by atoms with Crippen LogP contribution in [0.3, 0.4) is 0 Å². The summed E-state index contributed by atoms with van der Waals surface area (Å²) in [5.41, 5.74) is 0. The van der Waals surface area contributed by atoms with E-state index in [4.69, 9.17) is 33.2 Å². The predicted molar refractivity (Wildman–Crippen MR) is 30.6 cm³/mol. The van der Waals surface area contributed by atoms with Gasteiger partial charge in [0.2, 0.25) is 0 Å². The van der Waals surface area contributed by atoms with Crippen molar-refractivity contribution in [3.8, 4) is 0 Å². The molecule has 9 nitrogen and oxygen atoms in total. The van der Waals surface area contributed by atoms with E-state index in [0.717, 1.165) is 0 Å². The summed E-state index contributed by atoms with van der Waals surface area (Å²) in [6, 6.07) is 0. The minimum atomic E-state index is -5.38. The molecule has 0 aromatic carbocycles. The molecule has 0 bridgehead atoms. The molecule has 0 heterocycles. The van der Waals surface area contributed by atoms with Crippen LogP contribution in [0, 0.1) is 0 Å². The van der Waals surface area contributed by atoms with E-state index in [0.29, 0.717) is 0 Å². The van der Waals surface area contributed by atoms with Crippen molar-refractivity contribution in [2.45, 2.75) is 0 Å². The molecule has 0 aromatic heterocycles. The fraction of sp³-hybridized carbons (Fsp3) is 0. The molecule has 0 spiro atoms. The molecule has 0 aliphatic heterocycles. The second-order valence-electron chi connectivity index (χ2n) is 0.844. The van der Waals surface area contributed by atoms with Crippen LogP contribution in [0.15, 0.2) is 0 Å². The van der Waals surface area contributed by atoms with Gasteiger partial charge in [-0.05, 0) is 0 Å². The summed E-state index contributed by atoms with van der Waals surface area (Å²) in [7, 11) is -4.67. The van der Waals surface area contributed by atoms with Crippen molar-refractivity contribution < 1.29 is 63.3 Å². The SMILES string of the molecule is N.O=S(=O)(O)O.[Fe].[KH].[O]=[Mn](=[O])(=[O])[OH]. The fourth-order valence-corrected chi connectivity index (χ4v) is 0. The summed E-state index contributed by atoms with van der Waals surface area (Å²) in [6.07, 6.45) is 0. The van der Waals surface area contributed by atoms with Crippen LogP contribution in [0.4, 0.5) is 0 Å². The second kappa shape index (κ2) is 11.9. The Balaban J connectivity index is -0.0000000267.